The molecule has 0 radical (unpaired) electrons. The summed E-state index contributed by atoms with van der Waals surface area (Å²) in [5.41, 5.74) is 0.244. The lowest BCUT2D eigenvalue weighted by Crippen LogP contribution is -2.32. The van der Waals surface area contributed by atoms with Crippen molar-refractivity contribution in [3.05, 3.63) is 28.8 Å². The molecular formula is C12H17ClN2O2. The molecule has 0 heterocycles. The summed E-state index contributed by atoms with van der Waals surface area (Å²) in [6.07, 6.45) is 0. The van der Waals surface area contributed by atoms with Gasteiger partial charge in [-0.25, -0.2) is 0 Å². The first-order valence-corrected chi connectivity index (χ1v) is 5.87. The first kappa shape index (κ1) is 13.8. The van der Waals surface area contributed by atoms with Crippen LogP contribution in [-0.2, 0) is 0 Å². The Morgan fingerprint density at radius 3 is 2.82 bits per heavy atom. The molecule has 1 aromatic carbocycles. The third kappa shape index (κ3) is 4.24. The molecule has 0 unspecified atom stereocenters. The van der Waals surface area contributed by atoms with Crippen LogP contribution in [0.4, 0.5) is 0 Å². The van der Waals surface area contributed by atoms with Gasteiger partial charge in [0, 0.05) is 18.1 Å². The topological polar surface area (TPSA) is 52.6 Å². The number of likely N-dealkylation sites (N-methyl/N-ethyl adjacent to an activating group) is 1. The Hall–Kier alpha value is -1.26. The summed E-state index contributed by atoms with van der Waals surface area (Å²) in [6.45, 7) is 4.30. The molecule has 2 N–H and O–H groups in total. The quantitative estimate of drug-likeness (QED) is 0.844. The Balaban J connectivity index is 2.52. The van der Waals surface area contributed by atoms with Crippen molar-refractivity contribution in [3.8, 4) is 5.75 Å². The zero-order valence-electron chi connectivity index (χ0n) is 10.0. The Kier molecular flexibility index (Phi) is 5.25. The summed E-state index contributed by atoms with van der Waals surface area (Å²) in [7, 11) is 1.98. The van der Waals surface area contributed by atoms with Gasteiger partial charge >= 0.3 is 0 Å². The van der Waals surface area contributed by atoms with E-state index in [1.807, 2.05) is 14.0 Å². The van der Waals surface area contributed by atoms with Crippen LogP contribution in [0, 0.1) is 0 Å². The number of rotatable bonds is 5. The highest BCUT2D eigenvalue weighted by Crippen LogP contribution is 2.21. The number of carbonyl (C=O) groups excluding carboxylic acids is 1. The van der Waals surface area contributed by atoms with Gasteiger partial charge in [0.25, 0.3) is 5.91 Å². The summed E-state index contributed by atoms with van der Waals surface area (Å²) in [4.78, 5) is 13.8. The summed E-state index contributed by atoms with van der Waals surface area (Å²) in [5, 5.41) is 12.7. The Labute approximate surface area is 106 Å². The number of halogens is 1. The molecule has 1 amide bonds. The second kappa shape index (κ2) is 6.47. The number of nitrogens with one attached hydrogen (secondary N) is 1. The van der Waals surface area contributed by atoms with Gasteiger partial charge in [0.05, 0.1) is 5.56 Å². The van der Waals surface area contributed by atoms with Crippen molar-refractivity contribution >= 4 is 17.5 Å². The first-order chi connectivity index (χ1) is 8.04. The molecule has 0 atom stereocenters. The van der Waals surface area contributed by atoms with Crippen LogP contribution in [0.25, 0.3) is 0 Å². The highest BCUT2D eigenvalue weighted by molar-refractivity contribution is 6.30. The molecule has 0 aliphatic heterocycles. The van der Waals surface area contributed by atoms with Crippen molar-refractivity contribution in [1.82, 2.24) is 10.2 Å². The van der Waals surface area contributed by atoms with Gasteiger partial charge in [-0.1, -0.05) is 18.5 Å². The van der Waals surface area contributed by atoms with E-state index in [9.17, 15) is 9.90 Å². The maximum Gasteiger partial charge on any atom is 0.255 e. The number of hydrogen-bond acceptors (Lipinski definition) is 3. The Morgan fingerprint density at radius 1 is 1.53 bits per heavy atom. The summed E-state index contributed by atoms with van der Waals surface area (Å²) in [5.74, 6) is -0.387. The molecule has 0 spiro atoms. The van der Waals surface area contributed by atoms with Crippen molar-refractivity contribution in [2.24, 2.45) is 0 Å². The summed E-state index contributed by atoms with van der Waals surface area (Å²) < 4.78 is 0. The second-order valence-corrected chi connectivity index (χ2v) is 4.25. The van der Waals surface area contributed by atoms with Crippen molar-refractivity contribution < 1.29 is 9.90 Å². The van der Waals surface area contributed by atoms with Crippen LogP contribution in [0.2, 0.25) is 5.02 Å². The fraction of sp³-hybridized carbons (Fsp3) is 0.417. The van der Waals surface area contributed by atoms with Crippen LogP contribution in [-0.4, -0.2) is 42.6 Å². The van der Waals surface area contributed by atoms with Gasteiger partial charge in [-0.05, 0) is 31.8 Å². The molecule has 17 heavy (non-hydrogen) atoms. The molecule has 0 fully saturated rings. The number of amides is 1. The van der Waals surface area contributed by atoms with Gasteiger partial charge in [0.2, 0.25) is 0 Å². The van der Waals surface area contributed by atoms with Crippen LogP contribution in [0.1, 0.15) is 17.3 Å². The largest absolute Gasteiger partial charge is 0.507 e. The van der Waals surface area contributed by atoms with Crippen LogP contribution >= 0.6 is 11.6 Å². The fourth-order valence-corrected chi connectivity index (χ4v) is 1.48. The van der Waals surface area contributed by atoms with Crippen molar-refractivity contribution in [1.29, 1.82) is 0 Å². The molecular weight excluding hydrogens is 240 g/mol. The average molecular weight is 257 g/mol. The van der Waals surface area contributed by atoms with E-state index in [1.54, 1.807) is 6.07 Å². The van der Waals surface area contributed by atoms with E-state index < -0.39 is 0 Å². The maximum absolute atomic E-state index is 11.7. The molecule has 0 aromatic heterocycles. The van der Waals surface area contributed by atoms with Crippen LogP contribution in [0.3, 0.4) is 0 Å². The van der Waals surface area contributed by atoms with Gasteiger partial charge in [0.1, 0.15) is 5.75 Å². The molecule has 0 bridgehead atoms. The third-order valence-corrected chi connectivity index (χ3v) is 2.76. The van der Waals surface area contributed by atoms with E-state index in [1.165, 1.54) is 12.1 Å². The minimum Gasteiger partial charge on any atom is -0.507 e. The van der Waals surface area contributed by atoms with E-state index in [-0.39, 0.29) is 17.2 Å². The molecule has 1 aromatic rings. The van der Waals surface area contributed by atoms with Gasteiger partial charge in [0.15, 0.2) is 0 Å². The van der Waals surface area contributed by atoms with Crippen molar-refractivity contribution in [2.45, 2.75) is 6.92 Å². The highest BCUT2D eigenvalue weighted by Gasteiger charge is 2.10. The van der Waals surface area contributed by atoms with E-state index in [4.69, 9.17) is 11.6 Å². The molecule has 1 rings (SSSR count). The minimum absolute atomic E-state index is 0.0983. The lowest BCUT2D eigenvalue weighted by Gasteiger charge is -2.14. The molecule has 0 saturated carbocycles. The van der Waals surface area contributed by atoms with E-state index >= 15 is 0 Å². The third-order valence-electron chi connectivity index (χ3n) is 2.52. The molecule has 5 heteroatoms. The Bertz CT molecular complexity index is 396. The number of hydrogen-bond donors (Lipinski definition) is 2. The van der Waals surface area contributed by atoms with E-state index in [0.29, 0.717) is 11.6 Å². The first-order valence-electron chi connectivity index (χ1n) is 5.50. The minimum atomic E-state index is -0.288. The lowest BCUT2D eigenvalue weighted by molar-refractivity contribution is 0.0947. The van der Waals surface area contributed by atoms with E-state index in [0.717, 1.165) is 13.1 Å². The predicted molar refractivity (Wildman–Crippen MR) is 68.6 cm³/mol. The number of phenols is 1. The second-order valence-electron chi connectivity index (χ2n) is 3.81. The standard InChI is InChI=1S/C12H17ClN2O2/c1-3-15(2)7-6-14-12(17)10-5-4-9(13)8-11(10)16/h4-5,8,16H,3,6-7H2,1-2H3,(H,14,17). The zero-order valence-corrected chi connectivity index (χ0v) is 10.8. The maximum atomic E-state index is 11.7. The van der Waals surface area contributed by atoms with Crippen LogP contribution < -0.4 is 5.32 Å². The van der Waals surface area contributed by atoms with Gasteiger partial charge in [-0.3, -0.25) is 4.79 Å². The lowest BCUT2D eigenvalue weighted by atomic mass is 10.2. The van der Waals surface area contributed by atoms with Gasteiger partial charge in [-0.2, -0.15) is 0 Å². The number of nitrogens with zero attached hydrogens (tertiary/aromatic N) is 1. The number of phenolic OH excluding ortho intramolecular Hbond substituents is 1. The normalized spacial score (nSPS) is 10.6. The van der Waals surface area contributed by atoms with Crippen molar-refractivity contribution in [3.63, 3.8) is 0 Å². The van der Waals surface area contributed by atoms with Gasteiger partial charge < -0.3 is 15.3 Å². The SMILES string of the molecule is CCN(C)CCNC(=O)c1ccc(Cl)cc1O. The average Bonchev–Trinajstić information content (AvgIpc) is 2.28. The number of aromatic hydroxyl groups is 1. The predicted octanol–water partition coefficient (Wildman–Crippen LogP) is 1.73. The molecule has 4 nitrogen and oxygen atoms in total. The highest BCUT2D eigenvalue weighted by atomic mass is 35.5. The van der Waals surface area contributed by atoms with Crippen LogP contribution in [0.5, 0.6) is 5.75 Å². The van der Waals surface area contributed by atoms with E-state index in [2.05, 4.69) is 10.2 Å². The molecule has 94 valence electrons. The number of carbonyl (C=O) groups is 1. The molecule has 0 aliphatic carbocycles. The summed E-state index contributed by atoms with van der Waals surface area (Å²) in [6, 6.07) is 4.44. The number of benzene rings is 1. The zero-order chi connectivity index (χ0) is 12.8. The van der Waals surface area contributed by atoms with Crippen molar-refractivity contribution in [2.75, 3.05) is 26.7 Å². The fourth-order valence-electron chi connectivity index (χ4n) is 1.31. The monoisotopic (exact) mass is 256 g/mol. The summed E-state index contributed by atoms with van der Waals surface area (Å²) >= 11 is 5.69. The molecule has 0 saturated heterocycles. The Morgan fingerprint density at radius 2 is 2.24 bits per heavy atom. The van der Waals surface area contributed by atoms with Crippen LogP contribution in [0.15, 0.2) is 18.2 Å². The van der Waals surface area contributed by atoms with Gasteiger partial charge in [-0.15, -0.1) is 0 Å². The smallest absolute Gasteiger partial charge is 0.255 e. The molecule has 0 aliphatic rings.